The van der Waals surface area contributed by atoms with Gasteiger partial charge in [-0.05, 0) is 48.6 Å². The fraction of sp³-hybridized carbons (Fsp3) is 0.267. The van der Waals surface area contributed by atoms with Crippen LogP contribution in [0.4, 0.5) is 0 Å². The Bertz CT molecular complexity index is 489. The van der Waals surface area contributed by atoms with Crippen molar-refractivity contribution in [2.45, 2.75) is 19.3 Å². The van der Waals surface area contributed by atoms with Crippen LogP contribution in [-0.2, 0) is 0 Å². The quantitative estimate of drug-likeness (QED) is 0.734. The number of hydrogen-bond acceptors (Lipinski definition) is 2. The van der Waals surface area contributed by atoms with Crippen molar-refractivity contribution >= 4 is 6.08 Å². The molecule has 0 saturated heterocycles. The first-order chi connectivity index (χ1) is 8.33. The van der Waals surface area contributed by atoms with Crippen LogP contribution in [0, 0.1) is 11.3 Å². The Hall–Kier alpha value is -2.01. The van der Waals surface area contributed by atoms with Crippen molar-refractivity contribution in [1.29, 1.82) is 5.26 Å². The normalized spacial score (nSPS) is 15.3. The van der Waals surface area contributed by atoms with Crippen molar-refractivity contribution < 1.29 is 4.74 Å². The zero-order chi connectivity index (χ0) is 12.1. The van der Waals surface area contributed by atoms with Gasteiger partial charge in [-0.2, -0.15) is 5.26 Å². The van der Waals surface area contributed by atoms with Crippen molar-refractivity contribution in [3.05, 3.63) is 47.1 Å². The molecule has 2 heteroatoms. The van der Waals surface area contributed by atoms with Gasteiger partial charge in [0.15, 0.2) is 0 Å². The summed E-state index contributed by atoms with van der Waals surface area (Å²) in [5.74, 6) is 0.834. The van der Waals surface area contributed by atoms with Crippen LogP contribution >= 0.6 is 0 Å². The third kappa shape index (κ3) is 2.76. The van der Waals surface area contributed by atoms with Crippen molar-refractivity contribution in [2.75, 3.05) is 7.11 Å². The Kier molecular flexibility index (Phi) is 3.62. The highest BCUT2D eigenvalue weighted by Gasteiger charge is 2.09. The van der Waals surface area contributed by atoms with E-state index in [1.165, 1.54) is 5.57 Å². The molecule has 1 aromatic carbocycles. The number of ether oxygens (including phenoxy) is 1. The average Bonchev–Trinajstić information content (AvgIpc) is 2.90. The van der Waals surface area contributed by atoms with Crippen molar-refractivity contribution in [3.63, 3.8) is 0 Å². The molecule has 1 aliphatic rings. The number of rotatable bonds is 3. The second kappa shape index (κ2) is 5.36. The van der Waals surface area contributed by atoms with Gasteiger partial charge in [-0.1, -0.05) is 18.2 Å². The molecule has 2 nitrogen and oxygen atoms in total. The van der Waals surface area contributed by atoms with E-state index in [9.17, 15) is 0 Å². The standard InChI is InChI=1S/C15H15NO/c1-17-15-8-6-12(7-9-15)10-14(11-16)13-4-2-3-5-13/h4,6-10H,2-3,5H2,1H3. The summed E-state index contributed by atoms with van der Waals surface area (Å²) in [5.41, 5.74) is 3.01. The lowest BCUT2D eigenvalue weighted by Gasteiger charge is -2.01. The molecule has 86 valence electrons. The van der Waals surface area contributed by atoms with E-state index in [4.69, 9.17) is 10.00 Å². The Morgan fingerprint density at radius 2 is 2.12 bits per heavy atom. The van der Waals surface area contributed by atoms with Crippen LogP contribution in [0.3, 0.4) is 0 Å². The first-order valence-electron chi connectivity index (χ1n) is 5.79. The largest absolute Gasteiger partial charge is 0.497 e. The highest BCUT2D eigenvalue weighted by atomic mass is 16.5. The number of methoxy groups -OCH3 is 1. The molecule has 0 spiro atoms. The van der Waals surface area contributed by atoms with Crippen LogP contribution in [0.15, 0.2) is 41.5 Å². The van der Waals surface area contributed by atoms with Gasteiger partial charge < -0.3 is 4.74 Å². The van der Waals surface area contributed by atoms with Gasteiger partial charge in [0.05, 0.1) is 18.8 Å². The molecule has 0 aromatic heterocycles. The third-order valence-corrected chi connectivity index (χ3v) is 2.93. The summed E-state index contributed by atoms with van der Waals surface area (Å²) in [6.45, 7) is 0. The second-order valence-corrected chi connectivity index (χ2v) is 4.06. The molecule has 0 bridgehead atoms. The monoisotopic (exact) mass is 225 g/mol. The molecule has 0 saturated carbocycles. The van der Waals surface area contributed by atoms with Crippen LogP contribution in [0.5, 0.6) is 5.75 Å². The Balaban J connectivity index is 2.23. The summed E-state index contributed by atoms with van der Waals surface area (Å²) in [6.07, 6.45) is 7.39. The molecule has 0 radical (unpaired) electrons. The first-order valence-corrected chi connectivity index (χ1v) is 5.79. The van der Waals surface area contributed by atoms with Crippen LogP contribution in [0.2, 0.25) is 0 Å². The van der Waals surface area contributed by atoms with Gasteiger partial charge in [-0.15, -0.1) is 0 Å². The van der Waals surface area contributed by atoms with E-state index < -0.39 is 0 Å². The highest BCUT2D eigenvalue weighted by Crippen LogP contribution is 2.26. The minimum absolute atomic E-state index is 0.785. The van der Waals surface area contributed by atoms with E-state index in [1.54, 1.807) is 7.11 Å². The maximum atomic E-state index is 9.16. The molecule has 0 atom stereocenters. The molecule has 1 aliphatic carbocycles. The summed E-state index contributed by atoms with van der Waals surface area (Å²) in [4.78, 5) is 0. The number of nitriles is 1. The summed E-state index contributed by atoms with van der Waals surface area (Å²) >= 11 is 0. The lowest BCUT2D eigenvalue weighted by Crippen LogP contribution is -1.85. The van der Waals surface area contributed by atoms with Gasteiger partial charge >= 0.3 is 0 Å². The number of benzene rings is 1. The van der Waals surface area contributed by atoms with Crippen molar-refractivity contribution in [1.82, 2.24) is 0 Å². The minimum Gasteiger partial charge on any atom is -0.497 e. The van der Waals surface area contributed by atoms with Gasteiger partial charge in [0.25, 0.3) is 0 Å². The predicted octanol–water partition coefficient (Wildman–Crippen LogP) is 3.71. The summed E-state index contributed by atoms with van der Waals surface area (Å²) in [5, 5.41) is 9.16. The van der Waals surface area contributed by atoms with Gasteiger partial charge in [-0.3, -0.25) is 0 Å². The Labute approximate surface area is 102 Å². The molecule has 17 heavy (non-hydrogen) atoms. The lowest BCUT2D eigenvalue weighted by molar-refractivity contribution is 0.415. The Morgan fingerprint density at radius 3 is 2.65 bits per heavy atom. The fourth-order valence-electron chi connectivity index (χ4n) is 1.98. The van der Waals surface area contributed by atoms with Gasteiger partial charge in [-0.25, -0.2) is 0 Å². The van der Waals surface area contributed by atoms with E-state index in [1.807, 2.05) is 30.3 Å². The van der Waals surface area contributed by atoms with E-state index in [0.717, 1.165) is 36.1 Å². The smallest absolute Gasteiger partial charge is 0.118 e. The topological polar surface area (TPSA) is 33.0 Å². The van der Waals surface area contributed by atoms with Crippen LogP contribution in [0.1, 0.15) is 24.8 Å². The molecule has 1 aromatic rings. The fourth-order valence-corrected chi connectivity index (χ4v) is 1.98. The molecule has 0 heterocycles. The van der Waals surface area contributed by atoms with Gasteiger partial charge in [0.1, 0.15) is 5.75 Å². The van der Waals surface area contributed by atoms with Crippen molar-refractivity contribution in [2.24, 2.45) is 0 Å². The van der Waals surface area contributed by atoms with E-state index in [-0.39, 0.29) is 0 Å². The lowest BCUT2D eigenvalue weighted by atomic mass is 10.0. The van der Waals surface area contributed by atoms with Gasteiger partial charge in [0, 0.05) is 0 Å². The molecule has 0 unspecified atom stereocenters. The minimum atomic E-state index is 0.785. The molecule has 2 rings (SSSR count). The summed E-state index contributed by atoms with van der Waals surface area (Å²) in [7, 11) is 1.65. The number of hydrogen-bond donors (Lipinski definition) is 0. The van der Waals surface area contributed by atoms with Crippen LogP contribution in [-0.4, -0.2) is 7.11 Å². The molecule has 0 N–H and O–H groups in total. The molecular weight excluding hydrogens is 210 g/mol. The first kappa shape index (κ1) is 11.5. The highest BCUT2D eigenvalue weighted by molar-refractivity contribution is 5.64. The SMILES string of the molecule is COc1ccc(C=C(C#N)C2=CCCC2)cc1. The van der Waals surface area contributed by atoms with E-state index >= 15 is 0 Å². The molecule has 0 fully saturated rings. The van der Waals surface area contributed by atoms with Crippen LogP contribution in [0.25, 0.3) is 6.08 Å². The van der Waals surface area contributed by atoms with Crippen molar-refractivity contribution in [3.8, 4) is 11.8 Å². The Morgan fingerprint density at radius 1 is 1.35 bits per heavy atom. The maximum absolute atomic E-state index is 9.16. The van der Waals surface area contributed by atoms with Crippen LogP contribution < -0.4 is 4.74 Å². The third-order valence-electron chi connectivity index (χ3n) is 2.93. The molecule has 0 amide bonds. The zero-order valence-corrected chi connectivity index (χ0v) is 9.94. The maximum Gasteiger partial charge on any atom is 0.118 e. The van der Waals surface area contributed by atoms with E-state index in [2.05, 4.69) is 12.1 Å². The zero-order valence-electron chi connectivity index (χ0n) is 9.94. The van der Waals surface area contributed by atoms with Gasteiger partial charge in [0.2, 0.25) is 0 Å². The van der Waals surface area contributed by atoms with E-state index in [0.29, 0.717) is 0 Å². The summed E-state index contributed by atoms with van der Waals surface area (Å²) in [6, 6.07) is 10.0. The number of nitrogens with zero attached hydrogens (tertiary/aromatic N) is 1. The average molecular weight is 225 g/mol. The summed E-state index contributed by atoms with van der Waals surface area (Å²) < 4.78 is 5.10. The molecular formula is C15H15NO. The predicted molar refractivity (Wildman–Crippen MR) is 68.5 cm³/mol. The number of allylic oxidation sites excluding steroid dienone is 3. The second-order valence-electron chi connectivity index (χ2n) is 4.06. The molecule has 0 aliphatic heterocycles.